The lowest BCUT2D eigenvalue weighted by Crippen LogP contribution is -2.36. The first kappa shape index (κ1) is 20.2. The molecule has 2 N–H and O–H groups in total. The van der Waals surface area contributed by atoms with Crippen molar-refractivity contribution in [2.24, 2.45) is 4.99 Å². The number of nitrogens with one attached hydrogen (secondary N) is 2. The number of aromatic nitrogens is 1. The van der Waals surface area contributed by atoms with Crippen LogP contribution in [-0.4, -0.2) is 30.6 Å². The highest BCUT2D eigenvalue weighted by molar-refractivity contribution is 7.09. The summed E-state index contributed by atoms with van der Waals surface area (Å²) in [4.78, 5) is 10.4. The Kier molecular flexibility index (Phi) is 6.56. The number of thiazole rings is 1. The lowest BCUT2D eigenvalue weighted by atomic mass is 10.2. The van der Waals surface area contributed by atoms with Crippen molar-refractivity contribution in [3.05, 3.63) is 58.1 Å². The minimum atomic E-state index is -4.41. The third kappa shape index (κ3) is 5.48. The van der Waals surface area contributed by atoms with E-state index in [9.17, 15) is 13.2 Å². The predicted octanol–water partition coefficient (Wildman–Crippen LogP) is 3.79. The molecule has 1 aliphatic heterocycles. The van der Waals surface area contributed by atoms with Crippen LogP contribution in [0.3, 0.4) is 0 Å². The van der Waals surface area contributed by atoms with Crippen molar-refractivity contribution < 1.29 is 13.2 Å². The maximum absolute atomic E-state index is 12.7. The van der Waals surface area contributed by atoms with Gasteiger partial charge in [0.15, 0.2) is 11.7 Å². The number of hydrogen-bond donors (Lipinski definition) is 2. The molecule has 150 valence electrons. The van der Waals surface area contributed by atoms with Gasteiger partial charge in [-0.1, -0.05) is 24.3 Å². The third-order valence-electron chi connectivity index (χ3n) is 4.11. The van der Waals surface area contributed by atoms with E-state index >= 15 is 0 Å². The molecule has 0 atom stereocenters. The van der Waals surface area contributed by atoms with Gasteiger partial charge in [-0.3, -0.25) is 0 Å². The Hall–Kier alpha value is -2.55. The number of hydrogen-bond acceptors (Lipinski definition) is 4. The number of anilines is 1. The van der Waals surface area contributed by atoms with Gasteiger partial charge < -0.3 is 15.5 Å². The number of halogens is 3. The molecule has 0 bridgehead atoms. The van der Waals surface area contributed by atoms with E-state index in [1.165, 1.54) is 0 Å². The van der Waals surface area contributed by atoms with Gasteiger partial charge in [0.25, 0.3) is 0 Å². The van der Waals surface area contributed by atoms with Crippen molar-refractivity contribution in [3.63, 3.8) is 0 Å². The quantitative estimate of drug-likeness (QED) is 0.433. The molecule has 9 heteroatoms. The summed E-state index contributed by atoms with van der Waals surface area (Å²) in [5.74, 6) is 0.541. The first-order chi connectivity index (χ1) is 13.5. The minimum absolute atomic E-state index is 0.187. The van der Waals surface area contributed by atoms with Gasteiger partial charge in [0.2, 0.25) is 0 Å². The zero-order chi connectivity index (χ0) is 20.0. The normalized spacial score (nSPS) is 14.6. The molecule has 1 aromatic carbocycles. The van der Waals surface area contributed by atoms with Crippen molar-refractivity contribution in [1.29, 1.82) is 0 Å². The molecule has 3 rings (SSSR count). The standard InChI is InChI=1S/C19H22F3N5S/c1-2-23-18(25-12-17-26-16(13-28-17)19(20,21)22)24-11-14-6-5-7-15(10-14)27-8-3-4-9-27/h3-7,10,13H,2,8-9,11-12H2,1H3,(H2,23,24,25). The molecule has 0 radical (unpaired) electrons. The number of alkyl halides is 3. The minimum Gasteiger partial charge on any atom is -0.364 e. The van der Waals surface area contributed by atoms with Gasteiger partial charge in [-0.2, -0.15) is 13.2 Å². The summed E-state index contributed by atoms with van der Waals surface area (Å²) in [6, 6.07) is 8.20. The fourth-order valence-corrected chi connectivity index (χ4v) is 3.47. The Bertz CT molecular complexity index is 836. The van der Waals surface area contributed by atoms with E-state index in [0.29, 0.717) is 24.1 Å². The van der Waals surface area contributed by atoms with Crippen LogP contribution in [-0.2, 0) is 19.3 Å². The van der Waals surface area contributed by atoms with Crippen LogP contribution in [0.5, 0.6) is 0 Å². The molecule has 0 saturated carbocycles. The van der Waals surface area contributed by atoms with Gasteiger partial charge in [0.1, 0.15) is 5.01 Å². The van der Waals surface area contributed by atoms with Gasteiger partial charge in [-0.05, 0) is 24.6 Å². The van der Waals surface area contributed by atoms with Crippen LogP contribution in [0.25, 0.3) is 0 Å². The summed E-state index contributed by atoms with van der Waals surface area (Å²) in [6.07, 6.45) is -0.134. The summed E-state index contributed by atoms with van der Waals surface area (Å²) in [5.41, 5.74) is 1.36. The molecule has 1 aromatic heterocycles. The molecule has 2 heterocycles. The number of nitrogens with zero attached hydrogens (tertiary/aromatic N) is 3. The van der Waals surface area contributed by atoms with Crippen LogP contribution in [0.15, 0.2) is 46.8 Å². The van der Waals surface area contributed by atoms with Crippen molar-refractivity contribution in [1.82, 2.24) is 15.6 Å². The smallest absolute Gasteiger partial charge is 0.364 e. The van der Waals surface area contributed by atoms with E-state index in [4.69, 9.17) is 0 Å². The van der Waals surface area contributed by atoms with E-state index in [-0.39, 0.29) is 6.54 Å². The second-order valence-corrected chi connectivity index (χ2v) is 7.16. The Morgan fingerprint density at radius 1 is 1.25 bits per heavy atom. The molecular weight excluding hydrogens is 387 g/mol. The molecule has 28 heavy (non-hydrogen) atoms. The molecule has 0 saturated heterocycles. The lowest BCUT2D eigenvalue weighted by Gasteiger charge is -2.18. The van der Waals surface area contributed by atoms with Gasteiger partial charge >= 0.3 is 6.18 Å². The fourth-order valence-electron chi connectivity index (χ4n) is 2.73. The molecule has 0 aliphatic carbocycles. The van der Waals surface area contributed by atoms with E-state index in [0.717, 1.165) is 41.1 Å². The lowest BCUT2D eigenvalue weighted by molar-refractivity contribution is -0.140. The SMILES string of the molecule is CCNC(=NCc1cccc(N2CC=CC2)c1)NCc1nc(C(F)(F)F)cs1. The molecule has 0 fully saturated rings. The molecule has 0 unspecified atom stereocenters. The first-order valence-electron chi connectivity index (χ1n) is 8.98. The second-order valence-electron chi connectivity index (χ2n) is 6.22. The van der Waals surface area contributed by atoms with Crippen LogP contribution < -0.4 is 15.5 Å². The summed E-state index contributed by atoms with van der Waals surface area (Å²) in [5, 5.41) is 7.53. The van der Waals surface area contributed by atoms with Crippen LogP contribution >= 0.6 is 11.3 Å². The van der Waals surface area contributed by atoms with Crippen molar-refractivity contribution in [2.45, 2.75) is 26.2 Å². The van der Waals surface area contributed by atoms with Gasteiger partial charge in [0.05, 0.1) is 13.1 Å². The maximum Gasteiger partial charge on any atom is 0.434 e. The molecular formula is C19H22F3N5S. The van der Waals surface area contributed by atoms with Crippen molar-refractivity contribution in [2.75, 3.05) is 24.5 Å². The van der Waals surface area contributed by atoms with E-state index in [1.807, 2.05) is 19.1 Å². The first-order valence-corrected chi connectivity index (χ1v) is 9.86. The monoisotopic (exact) mass is 409 g/mol. The zero-order valence-electron chi connectivity index (χ0n) is 15.5. The van der Waals surface area contributed by atoms with Crippen molar-refractivity contribution in [3.8, 4) is 0 Å². The number of aliphatic imine (C=N–C) groups is 1. The molecule has 2 aromatic rings. The average Bonchev–Trinajstić information content (AvgIpc) is 3.36. The van der Waals surface area contributed by atoms with Gasteiger partial charge in [-0.15, -0.1) is 11.3 Å². The number of benzene rings is 1. The number of rotatable bonds is 6. The fraction of sp³-hybridized carbons (Fsp3) is 0.368. The predicted molar refractivity (Wildman–Crippen MR) is 107 cm³/mol. The summed E-state index contributed by atoms with van der Waals surface area (Å²) < 4.78 is 38.0. The summed E-state index contributed by atoms with van der Waals surface area (Å²) >= 11 is 0.979. The van der Waals surface area contributed by atoms with Crippen molar-refractivity contribution >= 4 is 23.0 Å². The number of guanidine groups is 1. The molecule has 0 amide bonds. The highest BCUT2D eigenvalue weighted by Crippen LogP contribution is 2.29. The highest BCUT2D eigenvalue weighted by atomic mass is 32.1. The van der Waals surface area contributed by atoms with Crippen LogP contribution in [0, 0.1) is 0 Å². The van der Waals surface area contributed by atoms with E-state index < -0.39 is 11.9 Å². The summed E-state index contributed by atoms with van der Waals surface area (Å²) in [6.45, 7) is 5.05. The van der Waals surface area contributed by atoms with Crippen LogP contribution in [0.2, 0.25) is 0 Å². The van der Waals surface area contributed by atoms with Gasteiger partial charge in [-0.25, -0.2) is 9.98 Å². The Labute approximate surface area is 166 Å². The van der Waals surface area contributed by atoms with Crippen LogP contribution in [0.1, 0.15) is 23.2 Å². The third-order valence-corrected chi connectivity index (χ3v) is 4.96. The van der Waals surface area contributed by atoms with E-state index in [1.54, 1.807) is 0 Å². The second kappa shape index (κ2) is 9.09. The zero-order valence-corrected chi connectivity index (χ0v) is 16.3. The van der Waals surface area contributed by atoms with E-state index in [2.05, 4.69) is 49.8 Å². The maximum atomic E-state index is 12.7. The summed E-state index contributed by atoms with van der Waals surface area (Å²) in [7, 11) is 0. The highest BCUT2D eigenvalue weighted by Gasteiger charge is 2.33. The largest absolute Gasteiger partial charge is 0.434 e. The Morgan fingerprint density at radius 2 is 2.04 bits per heavy atom. The molecule has 5 nitrogen and oxygen atoms in total. The topological polar surface area (TPSA) is 52.6 Å². The molecule has 1 aliphatic rings. The average molecular weight is 409 g/mol. The Morgan fingerprint density at radius 3 is 2.71 bits per heavy atom. The van der Waals surface area contributed by atoms with Gasteiger partial charge in [0, 0.05) is 30.7 Å². The Balaban J connectivity index is 1.61. The molecule has 0 spiro atoms. The van der Waals surface area contributed by atoms with Crippen LogP contribution in [0.4, 0.5) is 18.9 Å².